The molecule has 206 valence electrons. The molecule has 0 aliphatic carbocycles. The molecule has 3 aromatic carbocycles. The number of aromatic nitrogens is 1. The molecule has 8 nitrogen and oxygen atoms in total. The first kappa shape index (κ1) is 27.8. The van der Waals surface area contributed by atoms with Gasteiger partial charge in [-0.05, 0) is 75.1 Å². The van der Waals surface area contributed by atoms with Crippen molar-refractivity contribution in [3.05, 3.63) is 102 Å². The number of anilines is 1. The van der Waals surface area contributed by atoms with Crippen LogP contribution in [0.4, 0.5) is 10.5 Å². The molecule has 4 rings (SSSR count). The molecule has 0 aliphatic rings. The average Bonchev–Trinajstić information content (AvgIpc) is 2.91. The quantitative estimate of drug-likeness (QED) is 0.292. The number of fused-ring (bicyclic) bond motifs is 1. The van der Waals surface area contributed by atoms with Crippen LogP contribution >= 0.6 is 0 Å². The summed E-state index contributed by atoms with van der Waals surface area (Å²) < 4.78 is 27.8. The maximum Gasteiger partial charge on any atom is 0.329 e. The maximum absolute atomic E-state index is 13.8. The fourth-order valence-corrected chi connectivity index (χ4v) is 5.63. The number of nitrogens with one attached hydrogen (secondary N) is 2. The lowest BCUT2D eigenvalue weighted by molar-refractivity contribution is -0.120. The van der Waals surface area contributed by atoms with Crippen LogP contribution < -0.4 is 14.9 Å². The molecular formula is C30H36N4O4S. The highest BCUT2D eigenvalue weighted by atomic mass is 32.2. The Bertz CT molecular complexity index is 1600. The van der Waals surface area contributed by atoms with Crippen molar-refractivity contribution in [2.75, 3.05) is 11.4 Å². The molecule has 0 fully saturated rings. The first-order valence-corrected chi connectivity index (χ1v) is 14.3. The number of nitrogens with zero attached hydrogens (tertiary/aromatic N) is 2. The zero-order valence-electron chi connectivity index (χ0n) is 22.2. The number of sulfonamides is 1. The van der Waals surface area contributed by atoms with Crippen molar-refractivity contribution in [3.63, 3.8) is 0 Å². The number of hydrogen-bond donors (Lipinski definition) is 2. The summed E-state index contributed by atoms with van der Waals surface area (Å²) >= 11 is 0. The number of amides is 3. The number of carbonyl (C=O) groups is 2. The van der Waals surface area contributed by atoms with Crippen LogP contribution in [0.5, 0.6) is 0 Å². The van der Waals surface area contributed by atoms with Gasteiger partial charge in [0.1, 0.15) is 6.04 Å². The van der Waals surface area contributed by atoms with Gasteiger partial charge in [0.25, 0.3) is 10.0 Å². The minimum atomic E-state index is -4.13. The Hall–Kier alpha value is -4.24. The predicted molar refractivity (Wildman–Crippen MR) is 157 cm³/mol. The second kappa shape index (κ2) is 12.1. The standard InChI is InChI=1S/C30H32N4O4S.2H2/c1-4-34(25-17-19-26-24(20-25)16-14-22(3)31-26)29(35)27(18-15-23-11-6-5-7-12-23)32-30(36)33-39(37,38)28-13-9-8-10-21(28)2;;/h5-14,16-17,19-20,27H,4,15,18H2,1-3H3,(H2,32,33,36);2*1H/t27-;;/m0../s1. The molecule has 4 aromatic rings. The van der Waals surface area contributed by atoms with Gasteiger partial charge in [-0.15, -0.1) is 0 Å². The zero-order valence-corrected chi connectivity index (χ0v) is 23.0. The summed E-state index contributed by atoms with van der Waals surface area (Å²) in [6, 6.07) is 23.5. The highest BCUT2D eigenvalue weighted by Crippen LogP contribution is 2.23. The van der Waals surface area contributed by atoms with Crippen molar-refractivity contribution in [1.29, 1.82) is 0 Å². The molecule has 39 heavy (non-hydrogen) atoms. The van der Waals surface area contributed by atoms with E-state index in [9.17, 15) is 18.0 Å². The SMILES string of the molecule is CCN(C(=O)[C@H](CCc1ccccc1)NC(=O)NS(=O)(=O)c1ccccc1C)c1ccc2nc(C)ccc2c1.[HH].[HH]. The van der Waals surface area contributed by atoms with Gasteiger partial charge < -0.3 is 10.2 Å². The van der Waals surface area contributed by atoms with E-state index in [-0.39, 0.29) is 20.1 Å². The van der Waals surface area contributed by atoms with Gasteiger partial charge in [-0.3, -0.25) is 9.78 Å². The molecule has 9 heteroatoms. The third-order valence-corrected chi connectivity index (χ3v) is 7.98. The maximum atomic E-state index is 13.8. The summed E-state index contributed by atoms with van der Waals surface area (Å²) in [5.74, 6) is -0.337. The topological polar surface area (TPSA) is 108 Å². The van der Waals surface area contributed by atoms with Gasteiger partial charge in [0.2, 0.25) is 5.91 Å². The van der Waals surface area contributed by atoms with Crippen LogP contribution in [-0.4, -0.2) is 37.9 Å². The molecule has 3 amide bonds. The summed E-state index contributed by atoms with van der Waals surface area (Å²) in [4.78, 5) is 32.9. The fraction of sp³-hybridized carbons (Fsp3) is 0.233. The summed E-state index contributed by atoms with van der Waals surface area (Å²) in [5.41, 5.74) is 3.89. The van der Waals surface area contributed by atoms with Gasteiger partial charge >= 0.3 is 6.03 Å². The van der Waals surface area contributed by atoms with Gasteiger partial charge in [-0.2, -0.15) is 0 Å². The van der Waals surface area contributed by atoms with Crippen LogP contribution in [-0.2, 0) is 21.2 Å². The second-order valence-corrected chi connectivity index (χ2v) is 11.0. The second-order valence-electron chi connectivity index (χ2n) is 9.33. The Morgan fingerprint density at radius 2 is 1.67 bits per heavy atom. The zero-order chi connectivity index (χ0) is 28.0. The van der Waals surface area contributed by atoms with E-state index >= 15 is 0 Å². The fourth-order valence-electron chi connectivity index (χ4n) is 4.47. The average molecular weight is 549 g/mol. The van der Waals surface area contributed by atoms with Crippen LogP contribution in [0.3, 0.4) is 0 Å². The molecule has 0 radical (unpaired) electrons. The summed E-state index contributed by atoms with van der Waals surface area (Å²) in [5, 5.41) is 3.52. The molecular weight excluding hydrogens is 512 g/mol. The van der Waals surface area contributed by atoms with Crippen molar-refractivity contribution in [2.24, 2.45) is 0 Å². The van der Waals surface area contributed by atoms with E-state index in [1.807, 2.05) is 74.5 Å². The lowest BCUT2D eigenvalue weighted by Gasteiger charge is -2.27. The van der Waals surface area contributed by atoms with Gasteiger partial charge in [0, 0.05) is 26.2 Å². The number of rotatable bonds is 9. The number of aryl methyl sites for hydroxylation is 3. The van der Waals surface area contributed by atoms with E-state index < -0.39 is 22.1 Å². The van der Waals surface area contributed by atoms with Crippen LogP contribution in [0.25, 0.3) is 10.9 Å². The largest absolute Gasteiger partial charge is 0.329 e. The molecule has 0 spiro atoms. The smallest absolute Gasteiger partial charge is 0.325 e. The lowest BCUT2D eigenvalue weighted by atomic mass is 10.0. The normalized spacial score (nSPS) is 12.1. The third-order valence-electron chi connectivity index (χ3n) is 6.48. The minimum absolute atomic E-state index is 0. The molecule has 0 aliphatic heterocycles. The van der Waals surface area contributed by atoms with E-state index in [4.69, 9.17) is 0 Å². The molecule has 0 saturated heterocycles. The van der Waals surface area contributed by atoms with E-state index in [1.54, 1.807) is 30.0 Å². The van der Waals surface area contributed by atoms with Crippen molar-refractivity contribution >= 4 is 38.6 Å². The molecule has 0 saturated carbocycles. The van der Waals surface area contributed by atoms with Crippen LogP contribution in [0.1, 0.15) is 33.0 Å². The molecule has 1 heterocycles. The number of pyridine rings is 1. The van der Waals surface area contributed by atoms with Crippen molar-refractivity contribution in [3.8, 4) is 0 Å². The van der Waals surface area contributed by atoms with E-state index in [2.05, 4.69) is 15.0 Å². The van der Waals surface area contributed by atoms with Gasteiger partial charge in [-0.1, -0.05) is 54.6 Å². The number of hydrogen-bond acceptors (Lipinski definition) is 5. The lowest BCUT2D eigenvalue weighted by Crippen LogP contribution is -2.52. The molecule has 0 bridgehead atoms. The van der Waals surface area contributed by atoms with Crippen molar-refractivity contribution in [2.45, 2.75) is 44.6 Å². The highest BCUT2D eigenvalue weighted by molar-refractivity contribution is 7.90. The summed E-state index contributed by atoms with van der Waals surface area (Å²) in [7, 11) is -4.13. The number of urea groups is 1. The first-order chi connectivity index (χ1) is 18.7. The van der Waals surface area contributed by atoms with E-state index in [0.717, 1.165) is 22.2 Å². The monoisotopic (exact) mass is 548 g/mol. The predicted octanol–water partition coefficient (Wildman–Crippen LogP) is 5.39. The Morgan fingerprint density at radius 3 is 2.38 bits per heavy atom. The Balaban J connectivity index is 0.00000294. The van der Waals surface area contributed by atoms with Gasteiger partial charge in [0.15, 0.2) is 0 Å². The van der Waals surface area contributed by atoms with Crippen LogP contribution in [0.15, 0.2) is 89.8 Å². The van der Waals surface area contributed by atoms with Crippen LogP contribution in [0, 0.1) is 13.8 Å². The number of benzene rings is 3. The molecule has 1 aromatic heterocycles. The first-order valence-electron chi connectivity index (χ1n) is 12.8. The molecule has 1 atom stereocenters. The minimum Gasteiger partial charge on any atom is -0.325 e. The van der Waals surface area contributed by atoms with Gasteiger partial charge in [-0.25, -0.2) is 17.9 Å². The van der Waals surface area contributed by atoms with Gasteiger partial charge in [0.05, 0.1) is 10.4 Å². The van der Waals surface area contributed by atoms with Crippen LogP contribution in [0.2, 0.25) is 0 Å². The van der Waals surface area contributed by atoms with E-state index in [1.165, 1.54) is 6.07 Å². The molecule has 0 unspecified atom stereocenters. The van der Waals surface area contributed by atoms with Crippen molar-refractivity contribution < 1.29 is 20.9 Å². The Labute approximate surface area is 232 Å². The van der Waals surface area contributed by atoms with E-state index in [0.29, 0.717) is 24.2 Å². The van der Waals surface area contributed by atoms with Crippen molar-refractivity contribution in [1.82, 2.24) is 15.0 Å². The highest BCUT2D eigenvalue weighted by Gasteiger charge is 2.28. The number of likely N-dealkylation sites (N-methyl/N-ethyl adjacent to an activating group) is 1. The Morgan fingerprint density at radius 1 is 0.949 bits per heavy atom. The summed E-state index contributed by atoms with van der Waals surface area (Å²) in [6.45, 7) is 5.78. The summed E-state index contributed by atoms with van der Waals surface area (Å²) in [6.07, 6.45) is 0.798. The number of carbonyl (C=O) groups excluding carboxylic acids is 2. The molecule has 2 N–H and O–H groups in total. The third kappa shape index (κ3) is 6.80. The Kier molecular flexibility index (Phi) is 8.61.